The van der Waals surface area contributed by atoms with E-state index in [0.717, 1.165) is 0 Å². The van der Waals surface area contributed by atoms with E-state index in [9.17, 15) is 13.2 Å². The Kier molecular flexibility index (Phi) is 2.64. The van der Waals surface area contributed by atoms with Gasteiger partial charge in [0.25, 0.3) is 0 Å². The summed E-state index contributed by atoms with van der Waals surface area (Å²) in [4.78, 5) is 0. The largest absolute Gasteiger partial charge is 0.412 e. The van der Waals surface area contributed by atoms with E-state index in [1.165, 1.54) is 12.1 Å². The van der Waals surface area contributed by atoms with Crippen molar-refractivity contribution in [3.63, 3.8) is 0 Å². The molecule has 1 aliphatic rings. The molecule has 1 heterocycles. The molecule has 0 bridgehead atoms. The van der Waals surface area contributed by atoms with E-state index < -0.39 is 17.8 Å². The Balaban J connectivity index is 2.04. The Morgan fingerprint density at radius 3 is 1.89 bits per heavy atom. The summed E-state index contributed by atoms with van der Waals surface area (Å²) in [7, 11) is 0. The summed E-state index contributed by atoms with van der Waals surface area (Å²) >= 11 is 0. The SMILES string of the molecule is FC(F)(F)[C@]1(c2ccccc2)N[C@H]1c1ccccc1. The van der Waals surface area contributed by atoms with E-state index in [-0.39, 0.29) is 5.56 Å². The van der Waals surface area contributed by atoms with Crippen LogP contribution in [0.2, 0.25) is 0 Å². The topological polar surface area (TPSA) is 21.9 Å². The van der Waals surface area contributed by atoms with E-state index in [4.69, 9.17) is 0 Å². The molecular weight excluding hydrogens is 251 g/mol. The van der Waals surface area contributed by atoms with Crippen LogP contribution in [0.5, 0.6) is 0 Å². The summed E-state index contributed by atoms with van der Waals surface area (Å²) in [5, 5.41) is 2.63. The normalized spacial score (nSPS) is 26.2. The van der Waals surface area contributed by atoms with Gasteiger partial charge in [0.05, 0.1) is 6.04 Å². The van der Waals surface area contributed by atoms with Crippen molar-refractivity contribution in [3.05, 3.63) is 71.8 Å². The summed E-state index contributed by atoms with van der Waals surface area (Å²) in [6.45, 7) is 0. The molecule has 4 heteroatoms. The van der Waals surface area contributed by atoms with Gasteiger partial charge in [0.2, 0.25) is 0 Å². The highest BCUT2D eigenvalue weighted by molar-refractivity contribution is 5.42. The second-order valence-electron chi connectivity index (χ2n) is 4.66. The van der Waals surface area contributed by atoms with Gasteiger partial charge in [-0.2, -0.15) is 13.2 Å². The van der Waals surface area contributed by atoms with Crippen molar-refractivity contribution in [2.45, 2.75) is 17.8 Å². The molecule has 0 aliphatic carbocycles. The predicted molar refractivity (Wildman–Crippen MR) is 66.5 cm³/mol. The monoisotopic (exact) mass is 263 g/mol. The molecule has 0 radical (unpaired) electrons. The van der Waals surface area contributed by atoms with Crippen molar-refractivity contribution in [3.8, 4) is 0 Å². The van der Waals surface area contributed by atoms with Crippen molar-refractivity contribution in [1.29, 1.82) is 0 Å². The number of alkyl halides is 3. The molecule has 2 aromatic rings. The third kappa shape index (κ3) is 1.83. The minimum atomic E-state index is -4.32. The van der Waals surface area contributed by atoms with Crippen LogP contribution < -0.4 is 5.32 Å². The van der Waals surface area contributed by atoms with Crippen LogP contribution in [0.3, 0.4) is 0 Å². The van der Waals surface area contributed by atoms with Crippen molar-refractivity contribution in [2.75, 3.05) is 0 Å². The van der Waals surface area contributed by atoms with E-state index >= 15 is 0 Å². The first-order valence-corrected chi connectivity index (χ1v) is 6.00. The van der Waals surface area contributed by atoms with Crippen LogP contribution in [0.25, 0.3) is 0 Å². The molecule has 3 rings (SSSR count). The van der Waals surface area contributed by atoms with Gasteiger partial charge in [-0.25, -0.2) is 0 Å². The van der Waals surface area contributed by atoms with Gasteiger partial charge in [0.1, 0.15) is 0 Å². The van der Waals surface area contributed by atoms with Gasteiger partial charge >= 0.3 is 6.18 Å². The lowest BCUT2D eigenvalue weighted by Gasteiger charge is -2.19. The molecule has 1 nitrogen and oxygen atoms in total. The molecule has 1 saturated heterocycles. The lowest BCUT2D eigenvalue weighted by Crippen LogP contribution is -2.33. The molecule has 0 amide bonds. The quantitative estimate of drug-likeness (QED) is 0.818. The fraction of sp³-hybridized carbons (Fsp3) is 0.200. The highest BCUT2D eigenvalue weighted by atomic mass is 19.4. The molecular formula is C15H12F3N. The molecule has 1 fully saturated rings. The summed E-state index contributed by atoms with van der Waals surface area (Å²) in [5.74, 6) is 0. The zero-order valence-electron chi connectivity index (χ0n) is 9.98. The summed E-state index contributed by atoms with van der Waals surface area (Å²) in [6, 6.07) is 16.0. The Morgan fingerprint density at radius 1 is 0.842 bits per heavy atom. The van der Waals surface area contributed by atoms with Crippen LogP contribution in [0, 0.1) is 0 Å². The van der Waals surface area contributed by atoms with Gasteiger partial charge < -0.3 is 0 Å². The Bertz CT molecular complexity index is 565. The average Bonchev–Trinajstić information content (AvgIpc) is 3.17. The molecule has 19 heavy (non-hydrogen) atoms. The zero-order valence-corrected chi connectivity index (χ0v) is 9.98. The maximum absolute atomic E-state index is 13.5. The smallest absolute Gasteiger partial charge is 0.289 e. The maximum atomic E-state index is 13.5. The van der Waals surface area contributed by atoms with Crippen molar-refractivity contribution >= 4 is 0 Å². The highest BCUT2D eigenvalue weighted by Crippen LogP contribution is 2.58. The van der Waals surface area contributed by atoms with Gasteiger partial charge in [-0.3, -0.25) is 5.32 Å². The molecule has 0 spiro atoms. The Morgan fingerprint density at radius 2 is 1.37 bits per heavy atom. The zero-order chi connectivity index (χ0) is 13.5. The van der Waals surface area contributed by atoms with Gasteiger partial charge in [0.15, 0.2) is 5.54 Å². The number of rotatable bonds is 2. The number of benzene rings is 2. The molecule has 0 unspecified atom stereocenters. The van der Waals surface area contributed by atoms with E-state index in [1.54, 1.807) is 48.5 Å². The molecule has 98 valence electrons. The average molecular weight is 263 g/mol. The predicted octanol–water partition coefficient (Wildman–Crippen LogP) is 3.79. The fourth-order valence-corrected chi connectivity index (χ4v) is 2.53. The highest BCUT2D eigenvalue weighted by Gasteiger charge is 2.71. The van der Waals surface area contributed by atoms with Crippen LogP contribution in [0.4, 0.5) is 13.2 Å². The van der Waals surface area contributed by atoms with Gasteiger partial charge in [-0.05, 0) is 11.1 Å². The van der Waals surface area contributed by atoms with Crippen LogP contribution in [-0.4, -0.2) is 6.18 Å². The van der Waals surface area contributed by atoms with Crippen LogP contribution >= 0.6 is 0 Å². The van der Waals surface area contributed by atoms with E-state index in [0.29, 0.717) is 5.56 Å². The molecule has 2 atom stereocenters. The summed E-state index contributed by atoms with van der Waals surface area (Å²) in [6.07, 6.45) is -4.32. The number of hydrogen-bond acceptors (Lipinski definition) is 1. The molecule has 0 aromatic heterocycles. The van der Waals surface area contributed by atoms with Crippen molar-refractivity contribution in [1.82, 2.24) is 5.32 Å². The molecule has 0 saturated carbocycles. The first-order chi connectivity index (χ1) is 9.06. The molecule has 1 aliphatic heterocycles. The van der Waals surface area contributed by atoms with Crippen LogP contribution in [-0.2, 0) is 5.54 Å². The van der Waals surface area contributed by atoms with E-state index in [2.05, 4.69) is 5.32 Å². The number of hydrogen-bond donors (Lipinski definition) is 1. The Labute approximate surface area is 109 Å². The lowest BCUT2D eigenvalue weighted by molar-refractivity contribution is -0.164. The Hall–Kier alpha value is -1.81. The maximum Gasteiger partial charge on any atom is 0.412 e. The standard InChI is InChI=1S/C15H12F3N/c16-15(17,18)14(12-9-5-2-6-10-12)13(19-14)11-7-3-1-4-8-11/h1-10,13,19H/t13-,14+/m0/s1. The number of halogens is 3. The third-order valence-corrected chi connectivity index (χ3v) is 3.53. The second-order valence-corrected chi connectivity index (χ2v) is 4.66. The second kappa shape index (κ2) is 4.10. The van der Waals surface area contributed by atoms with Crippen molar-refractivity contribution < 1.29 is 13.2 Å². The van der Waals surface area contributed by atoms with E-state index in [1.807, 2.05) is 0 Å². The number of nitrogens with one attached hydrogen (secondary N) is 1. The first-order valence-electron chi connectivity index (χ1n) is 6.00. The lowest BCUT2D eigenvalue weighted by atomic mass is 9.91. The van der Waals surface area contributed by atoms with Gasteiger partial charge in [-0.15, -0.1) is 0 Å². The minimum Gasteiger partial charge on any atom is -0.289 e. The third-order valence-electron chi connectivity index (χ3n) is 3.53. The first kappa shape index (κ1) is 12.2. The molecule has 2 aromatic carbocycles. The summed E-state index contributed by atoms with van der Waals surface area (Å²) < 4.78 is 40.4. The van der Waals surface area contributed by atoms with Gasteiger partial charge in [0, 0.05) is 0 Å². The summed E-state index contributed by atoms with van der Waals surface area (Å²) in [5.41, 5.74) is -1.03. The molecule has 1 N–H and O–H groups in total. The minimum absolute atomic E-state index is 0.261. The van der Waals surface area contributed by atoms with Gasteiger partial charge in [-0.1, -0.05) is 60.7 Å². The van der Waals surface area contributed by atoms with Crippen molar-refractivity contribution in [2.24, 2.45) is 0 Å². The fourth-order valence-electron chi connectivity index (χ4n) is 2.53. The van der Waals surface area contributed by atoms with Crippen LogP contribution in [0.1, 0.15) is 17.2 Å². The van der Waals surface area contributed by atoms with Crippen LogP contribution in [0.15, 0.2) is 60.7 Å².